The highest BCUT2D eigenvalue weighted by molar-refractivity contribution is 5.27. The van der Waals surface area contributed by atoms with Crippen LogP contribution in [0.4, 0.5) is 0 Å². The molecule has 0 saturated carbocycles. The summed E-state index contributed by atoms with van der Waals surface area (Å²) < 4.78 is 10.9. The van der Waals surface area contributed by atoms with Crippen LogP contribution in [0.15, 0.2) is 28.7 Å². The van der Waals surface area contributed by atoms with Gasteiger partial charge in [0.1, 0.15) is 5.75 Å². The van der Waals surface area contributed by atoms with Crippen molar-refractivity contribution in [2.24, 2.45) is 0 Å². The molecule has 0 atom stereocenters. The van der Waals surface area contributed by atoms with E-state index in [0.29, 0.717) is 18.4 Å². The van der Waals surface area contributed by atoms with Crippen molar-refractivity contribution in [1.29, 1.82) is 0 Å². The maximum absolute atomic E-state index is 5.53. The van der Waals surface area contributed by atoms with Crippen LogP contribution in [-0.2, 0) is 13.0 Å². The zero-order valence-electron chi connectivity index (χ0n) is 9.43. The van der Waals surface area contributed by atoms with Crippen molar-refractivity contribution in [3.8, 4) is 5.75 Å². The van der Waals surface area contributed by atoms with E-state index in [9.17, 15) is 0 Å². The van der Waals surface area contributed by atoms with Crippen LogP contribution in [0.3, 0.4) is 0 Å². The number of hydrogen-bond donors (Lipinski definition) is 0. The molecule has 4 nitrogen and oxygen atoms in total. The van der Waals surface area contributed by atoms with E-state index in [-0.39, 0.29) is 0 Å². The Kier molecular flexibility index (Phi) is 3.19. The molecule has 0 amide bonds. The number of aromatic nitrogens is 2. The average Bonchev–Trinajstić information content (AvgIpc) is 2.74. The molecule has 0 aliphatic heterocycles. The Labute approximate surface area is 94.3 Å². The van der Waals surface area contributed by atoms with Crippen LogP contribution >= 0.6 is 0 Å². The molecule has 0 aliphatic rings. The highest BCUT2D eigenvalue weighted by Crippen LogP contribution is 2.14. The van der Waals surface area contributed by atoms with Crippen LogP contribution in [0.2, 0.25) is 0 Å². The number of ether oxygens (including phenoxy) is 1. The van der Waals surface area contributed by atoms with E-state index in [2.05, 4.69) is 10.2 Å². The predicted molar refractivity (Wildman–Crippen MR) is 59.2 cm³/mol. The van der Waals surface area contributed by atoms with Crippen molar-refractivity contribution < 1.29 is 9.15 Å². The first-order valence-corrected chi connectivity index (χ1v) is 5.28. The summed E-state index contributed by atoms with van der Waals surface area (Å²) in [5.41, 5.74) is 1.16. The quantitative estimate of drug-likeness (QED) is 0.791. The highest BCUT2D eigenvalue weighted by Gasteiger charge is 2.04. The van der Waals surface area contributed by atoms with Gasteiger partial charge in [0.2, 0.25) is 5.89 Å². The fourth-order valence-electron chi connectivity index (χ4n) is 1.34. The summed E-state index contributed by atoms with van der Waals surface area (Å²) in [7, 11) is 0. The Morgan fingerprint density at radius 2 is 2.06 bits per heavy atom. The third-order valence-electron chi connectivity index (χ3n) is 2.16. The Balaban J connectivity index is 1.96. The lowest BCUT2D eigenvalue weighted by Crippen LogP contribution is -1.95. The van der Waals surface area contributed by atoms with Gasteiger partial charge in [-0.25, -0.2) is 0 Å². The van der Waals surface area contributed by atoms with E-state index in [4.69, 9.17) is 9.15 Å². The number of aryl methyl sites for hydroxylation is 2. The molecule has 0 saturated heterocycles. The highest BCUT2D eigenvalue weighted by atomic mass is 16.5. The minimum atomic E-state index is 0.316. The maximum Gasteiger partial charge on any atom is 0.253 e. The minimum absolute atomic E-state index is 0.316. The van der Waals surface area contributed by atoms with Gasteiger partial charge in [0, 0.05) is 6.42 Å². The van der Waals surface area contributed by atoms with E-state index in [1.807, 2.05) is 38.1 Å². The second-order valence-corrected chi connectivity index (χ2v) is 3.55. The van der Waals surface area contributed by atoms with Gasteiger partial charge in [-0.15, -0.1) is 10.2 Å². The van der Waals surface area contributed by atoms with E-state index in [1.54, 1.807) is 0 Å². The van der Waals surface area contributed by atoms with Crippen LogP contribution in [0.25, 0.3) is 0 Å². The van der Waals surface area contributed by atoms with Crippen molar-refractivity contribution >= 4 is 0 Å². The van der Waals surface area contributed by atoms with Gasteiger partial charge in [-0.1, -0.05) is 19.1 Å². The summed E-state index contributed by atoms with van der Waals surface area (Å²) in [6.45, 7) is 4.31. The Morgan fingerprint density at radius 3 is 2.75 bits per heavy atom. The summed E-state index contributed by atoms with van der Waals surface area (Å²) in [6, 6.07) is 7.85. The topological polar surface area (TPSA) is 48.2 Å². The van der Waals surface area contributed by atoms with E-state index in [0.717, 1.165) is 17.7 Å². The molecule has 0 bridgehead atoms. The molecule has 0 radical (unpaired) electrons. The minimum Gasteiger partial charge on any atom is -0.484 e. The van der Waals surface area contributed by atoms with Crippen molar-refractivity contribution in [2.75, 3.05) is 0 Å². The van der Waals surface area contributed by atoms with Gasteiger partial charge in [0.15, 0.2) is 6.61 Å². The zero-order chi connectivity index (χ0) is 11.4. The summed E-state index contributed by atoms with van der Waals surface area (Å²) in [5, 5.41) is 7.75. The number of rotatable bonds is 4. The smallest absolute Gasteiger partial charge is 0.253 e. The van der Waals surface area contributed by atoms with Crippen molar-refractivity contribution in [3.05, 3.63) is 41.6 Å². The van der Waals surface area contributed by atoms with Gasteiger partial charge < -0.3 is 9.15 Å². The monoisotopic (exact) mass is 218 g/mol. The van der Waals surface area contributed by atoms with Crippen molar-refractivity contribution in [3.63, 3.8) is 0 Å². The van der Waals surface area contributed by atoms with Crippen LogP contribution in [-0.4, -0.2) is 10.2 Å². The molecule has 2 aromatic rings. The molecular weight excluding hydrogens is 204 g/mol. The van der Waals surface area contributed by atoms with E-state index in [1.165, 1.54) is 0 Å². The van der Waals surface area contributed by atoms with Gasteiger partial charge in [-0.2, -0.15) is 0 Å². The fourth-order valence-corrected chi connectivity index (χ4v) is 1.34. The molecule has 0 unspecified atom stereocenters. The van der Waals surface area contributed by atoms with Crippen LogP contribution in [0, 0.1) is 6.92 Å². The summed E-state index contributed by atoms with van der Waals surface area (Å²) in [6.07, 6.45) is 0.747. The van der Waals surface area contributed by atoms with Crippen molar-refractivity contribution in [2.45, 2.75) is 26.9 Å². The van der Waals surface area contributed by atoms with Crippen LogP contribution in [0.5, 0.6) is 5.75 Å². The molecule has 1 aromatic heterocycles. The maximum atomic E-state index is 5.53. The van der Waals surface area contributed by atoms with Crippen molar-refractivity contribution in [1.82, 2.24) is 10.2 Å². The second kappa shape index (κ2) is 4.79. The third kappa shape index (κ3) is 2.59. The van der Waals surface area contributed by atoms with Gasteiger partial charge >= 0.3 is 0 Å². The predicted octanol–water partition coefficient (Wildman–Crippen LogP) is 2.52. The Bertz CT molecular complexity index is 466. The van der Waals surface area contributed by atoms with Gasteiger partial charge in [-0.05, 0) is 24.6 Å². The fraction of sp³-hybridized carbons (Fsp3) is 0.333. The molecule has 0 fully saturated rings. The van der Waals surface area contributed by atoms with Crippen LogP contribution < -0.4 is 4.74 Å². The normalized spacial score (nSPS) is 10.4. The lowest BCUT2D eigenvalue weighted by Gasteiger charge is -2.03. The molecule has 16 heavy (non-hydrogen) atoms. The zero-order valence-corrected chi connectivity index (χ0v) is 9.43. The lowest BCUT2D eigenvalue weighted by atomic mass is 10.2. The summed E-state index contributed by atoms with van der Waals surface area (Å²) in [5.74, 6) is 1.97. The Hall–Kier alpha value is -1.84. The molecule has 4 heteroatoms. The lowest BCUT2D eigenvalue weighted by molar-refractivity contribution is 0.259. The number of nitrogens with zero attached hydrogens (tertiary/aromatic N) is 2. The number of hydrogen-bond acceptors (Lipinski definition) is 4. The summed E-state index contributed by atoms with van der Waals surface area (Å²) in [4.78, 5) is 0. The molecule has 1 heterocycles. The SMILES string of the molecule is CCc1nnc(COc2cccc(C)c2)o1. The molecule has 2 rings (SSSR count). The molecule has 0 N–H and O–H groups in total. The van der Waals surface area contributed by atoms with E-state index >= 15 is 0 Å². The second-order valence-electron chi connectivity index (χ2n) is 3.55. The van der Waals surface area contributed by atoms with Gasteiger partial charge in [-0.3, -0.25) is 0 Å². The van der Waals surface area contributed by atoms with Crippen LogP contribution in [0.1, 0.15) is 24.3 Å². The average molecular weight is 218 g/mol. The number of benzene rings is 1. The third-order valence-corrected chi connectivity index (χ3v) is 2.16. The van der Waals surface area contributed by atoms with Gasteiger partial charge in [0.05, 0.1) is 0 Å². The molecule has 0 aliphatic carbocycles. The molecular formula is C12H14N2O2. The first-order valence-electron chi connectivity index (χ1n) is 5.28. The molecule has 84 valence electrons. The Morgan fingerprint density at radius 1 is 1.25 bits per heavy atom. The first kappa shape index (κ1) is 10.7. The van der Waals surface area contributed by atoms with E-state index < -0.39 is 0 Å². The van der Waals surface area contributed by atoms with Gasteiger partial charge in [0.25, 0.3) is 5.89 Å². The first-order chi connectivity index (χ1) is 7.78. The molecule has 0 spiro atoms. The summed E-state index contributed by atoms with van der Waals surface area (Å²) >= 11 is 0. The molecule has 1 aromatic carbocycles. The largest absolute Gasteiger partial charge is 0.484 e. The standard InChI is InChI=1S/C12H14N2O2/c1-3-11-13-14-12(16-11)8-15-10-6-4-5-9(2)7-10/h4-7H,3,8H2,1-2H3.